The van der Waals surface area contributed by atoms with Gasteiger partial charge in [0, 0.05) is 18.2 Å². The van der Waals surface area contributed by atoms with Crippen LogP contribution in [0.3, 0.4) is 0 Å². The summed E-state index contributed by atoms with van der Waals surface area (Å²) in [5, 5.41) is 9.68. The van der Waals surface area contributed by atoms with Crippen LogP contribution in [0.15, 0.2) is 17.8 Å². The van der Waals surface area contributed by atoms with E-state index in [1.54, 1.807) is 11.6 Å². The van der Waals surface area contributed by atoms with Gasteiger partial charge in [0.05, 0.1) is 29.5 Å². The largest absolute Gasteiger partial charge is 0.379 e. The summed E-state index contributed by atoms with van der Waals surface area (Å²) in [7, 11) is 0. The fraction of sp³-hybridized carbons (Fsp3) is 0.417. The van der Waals surface area contributed by atoms with E-state index in [-0.39, 0.29) is 11.9 Å². The highest BCUT2D eigenvalue weighted by atomic mass is 32.1. The van der Waals surface area contributed by atoms with E-state index in [0.29, 0.717) is 18.0 Å². The Bertz CT molecular complexity index is 586. The Morgan fingerprint density at radius 1 is 1.63 bits per heavy atom. The summed E-state index contributed by atoms with van der Waals surface area (Å²) in [5.41, 5.74) is 1.13. The van der Waals surface area contributed by atoms with Gasteiger partial charge in [0.15, 0.2) is 0 Å². The van der Waals surface area contributed by atoms with Gasteiger partial charge in [-0.15, -0.1) is 11.3 Å². The van der Waals surface area contributed by atoms with Gasteiger partial charge < -0.3 is 10.1 Å². The number of nitrogens with one attached hydrogen (secondary N) is 1. The zero-order valence-electron chi connectivity index (χ0n) is 10.5. The Hall–Kier alpha value is -1.73. The zero-order chi connectivity index (χ0) is 13.2. The van der Waals surface area contributed by atoms with E-state index in [4.69, 9.17) is 4.74 Å². The highest BCUT2D eigenvalue weighted by molar-refractivity contribution is 7.09. The van der Waals surface area contributed by atoms with Gasteiger partial charge in [0.2, 0.25) is 0 Å². The quantitative estimate of drug-likeness (QED) is 0.930. The number of rotatable bonds is 3. The Morgan fingerprint density at radius 2 is 2.53 bits per heavy atom. The highest BCUT2D eigenvalue weighted by Crippen LogP contribution is 2.20. The van der Waals surface area contributed by atoms with Crippen molar-refractivity contribution in [1.29, 1.82) is 0 Å². The van der Waals surface area contributed by atoms with Crippen LogP contribution >= 0.6 is 11.3 Å². The smallest absolute Gasteiger partial charge is 0.275 e. The van der Waals surface area contributed by atoms with E-state index >= 15 is 0 Å². The molecule has 0 spiro atoms. The van der Waals surface area contributed by atoms with Crippen molar-refractivity contribution >= 4 is 22.9 Å². The number of aryl methyl sites for hydroxylation is 1. The summed E-state index contributed by atoms with van der Waals surface area (Å²) in [6.07, 6.45) is 4.44. The maximum absolute atomic E-state index is 11.9. The molecule has 1 amide bonds. The van der Waals surface area contributed by atoms with Crippen molar-refractivity contribution in [1.82, 2.24) is 14.8 Å². The normalized spacial score (nSPS) is 18.7. The minimum atomic E-state index is -0.202. The van der Waals surface area contributed by atoms with Crippen molar-refractivity contribution in [3.63, 3.8) is 0 Å². The molecule has 0 saturated carbocycles. The van der Waals surface area contributed by atoms with E-state index in [1.165, 1.54) is 11.3 Å². The summed E-state index contributed by atoms with van der Waals surface area (Å²) in [6.45, 7) is 3.32. The fourth-order valence-electron chi connectivity index (χ4n) is 2.00. The molecule has 3 rings (SSSR count). The molecule has 3 heterocycles. The van der Waals surface area contributed by atoms with Gasteiger partial charge in [-0.25, -0.2) is 4.98 Å². The van der Waals surface area contributed by atoms with E-state index in [1.807, 2.05) is 17.8 Å². The first kappa shape index (κ1) is 12.3. The summed E-state index contributed by atoms with van der Waals surface area (Å²) in [4.78, 5) is 16.1. The molecule has 1 aliphatic heterocycles. The molecule has 0 aromatic carbocycles. The van der Waals surface area contributed by atoms with Crippen LogP contribution in [-0.4, -0.2) is 33.9 Å². The van der Waals surface area contributed by atoms with E-state index < -0.39 is 0 Å². The predicted octanol–water partition coefficient (Wildman–Crippen LogP) is 1.86. The lowest BCUT2D eigenvalue weighted by atomic mass is 10.3. The number of carbonyl (C=O) groups excluding carboxylic acids is 1. The molecular formula is C12H14N4O2S. The lowest BCUT2D eigenvalue weighted by Crippen LogP contribution is -2.12. The lowest BCUT2D eigenvalue weighted by Gasteiger charge is -2.06. The number of nitrogens with zero attached hydrogens (tertiary/aromatic N) is 3. The molecule has 0 aliphatic carbocycles. The molecule has 2 aromatic heterocycles. The van der Waals surface area contributed by atoms with Crippen molar-refractivity contribution in [2.24, 2.45) is 0 Å². The van der Waals surface area contributed by atoms with Crippen LogP contribution in [-0.2, 0) is 4.74 Å². The van der Waals surface area contributed by atoms with Crippen molar-refractivity contribution in [3.05, 3.63) is 28.5 Å². The van der Waals surface area contributed by atoms with Crippen LogP contribution in [0.4, 0.5) is 5.69 Å². The van der Waals surface area contributed by atoms with Gasteiger partial charge in [-0.2, -0.15) is 5.10 Å². The SMILES string of the molecule is Cc1nc(C(=O)Nc2cnn([C@H]3CCOC3)c2)cs1. The van der Waals surface area contributed by atoms with Gasteiger partial charge in [-0.3, -0.25) is 9.48 Å². The van der Waals surface area contributed by atoms with E-state index in [2.05, 4.69) is 15.4 Å². The van der Waals surface area contributed by atoms with Crippen LogP contribution in [0.1, 0.15) is 28.0 Å². The van der Waals surface area contributed by atoms with Gasteiger partial charge in [0.25, 0.3) is 5.91 Å². The number of amides is 1. The van der Waals surface area contributed by atoms with Crippen molar-refractivity contribution in [2.75, 3.05) is 18.5 Å². The minimum Gasteiger partial charge on any atom is -0.379 e. The van der Waals surface area contributed by atoms with E-state index in [9.17, 15) is 4.79 Å². The van der Waals surface area contributed by atoms with Crippen molar-refractivity contribution in [3.8, 4) is 0 Å². The highest BCUT2D eigenvalue weighted by Gasteiger charge is 2.19. The Balaban J connectivity index is 1.68. The summed E-state index contributed by atoms with van der Waals surface area (Å²) in [5.74, 6) is -0.202. The van der Waals surface area contributed by atoms with Crippen molar-refractivity contribution < 1.29 is 9.53 Å². The molecule has 0 unspecified atom stereocenters. The van der Waals surface area contributed by atoms with Crippen LogP contribution in [0.5, 0.6) is 0 Å². The molecule has 1 aliphatic rings. The molecule has 6 nitrogen and oxygen atoms in total. The number of hydrogen-bond acceptors (Lipinski definition) is 5. The number of aromatic nitrogens is 3. The monoisotopic (exact) mass is 278 g/mol. The summed E-state index contributed by atoms with van der Waals surface area (Å²) < 4.78 is 7.16. The standard InChI is InChI=1S/C12H14N4O2S/c1-8-14-11(7-19-8)12(17)15-9-4-13-16(5-9)10-2-3-18-6-10/h4-5,7,10H,2-3,6H2,1H3,(H,15,17)/t10-/m0/s1. The third kappa shape index (κ3) is 2.66. The van der Waals surface area contributed by atoms with Crippen LogP contribution in [0, 0.1) is 6.92 Å². The molecule has 0 bridgehead atoms. The molecule has 7 heteroatoms. The molecule has 0 radical (unpaired) electrons. The number of carbonyl (C=O) groups is 1. The maximum atomic E-state index is 11.9. The molecule has 2 aromatic rings. The number of hydrogen-bond donors (Lipinski definition) is 1. The molecule has 1 atom stereocenters. The number of anilines is 1. The number of ether oxygens (including phenoxy) is 1. The zero-order valence-corrected chi connectivity index (χ0v) is 11.3. The van der Waals surface area contributed by atoms with Gasteiger partial charge in [0.1, 0.15) is 5.69 Å². The fourth-order valence-corrected chi connectivity index (χ4v) is 2.59. The number of thiazole rings is 1. The second-order valence-corrected chi connectivity index (χ2v) is 5.49. The van der Waals surface area contributed by atoms with Crippen LogP contribution in [0.25, 0.3) is 0 Å². The minimum absolute atomic E-state index is 0.202. The third-order valence-electron chi connectivity index (χ3n) is 2.99. The second kappa shape index (κ2) is 5.10. The Labute approximate surface area is 114 Å². The molecule has 1 fully saturated rings. The van der Waals surface area contributed by atoms with Gasteiger partial charge in [-0.05, 0) is 13.3 Å². The average Bonchev–Trinajstić information content (AvgIpc) is 3.07. The first-order chi connectivity index (χ1) is 9.22. The average molecular weight is 278 g/mol. The van der Waals surface area contributed by atoms with Crippen LogP contribution < -0.4 is 5.32 Å². The Kier molecular flexibility index (Phi) is 3.31. The molecule has 1 N–H and O–H groups in total. The summed E-state index contributed by atoms with van der Waals surface area (Å²) in [6, 6.07) is 0.271. The molecular weight excluding hydrogens is 264 g/mol. The first-order valence-corrected chi connectivity index (χ1v) is 6.96. The molecule has 19 heavy (non-hydrogen) atoms. The first-order valence-electron chi connectivity index (χ1n) is 6.08. The van der Waals surface area contributed by atoms with Gasteiger partial charge >= 0.3 is 0 Å². The predicted molar refractivity (Wildman–Crippen MR) is 71.5 cm³/mol. The lowest BCUT2D eigenvalue weighted by molar-refractivity contribution is 0.102. The third-order valence-corrected chi connectivity index (χ3v) is 3.76. The topological polar surface area (TPSA) is 69.0 Å². The van der Waals surface area contributed by atoms with Gasteiger partial charge in [-0.1, -0.05) is 0 Å². The van der Waals surface area contributed by atoms with Crippen LogP contribution in [0.2, 0.25) is 0 Å². The molecule has 1 saturated heterocycles. The maximum Gasteiger partial charge on any atom is 0.275 e. The second-order valence-electron chi connectivity index (χ2n) is 4.43. The van der Waals surface area contributed by atoms with Crippen molar-refractivity contribution in [2.45, 2.75) is 19.4 Å². The molecule has 100 valence electrons. The Morgan fingerprint density at radius 3 is 3.21 bits per heavy atom. The summed E-state index contributed by atoms with van der Waals surface area (Å²) >= 11 is 1.46. The van der Waals surface area contributed by atoms with E-state index in [0.717, 1.165) is 18.0 Å².